The normalized spacial score (nSPS) is 11.1. The molecule has 0 fully saturated rings. The molecule has 3 rings (SSSR count). The lowest BCUT2D eigenvalue weighted by molar-refractivity contribution is 0.0636. The second kappa shape index (κ2) is 8.51. The fourth-order valence-electron chi connectivity index (χ4n) is 3.02. The molecular weight excluding hydrogens is 396 g/mol. The summed E-state index contributed by atoms with van der Waals surface area (Å²) in [5.74, 6) is -0.421. The van der Waals surface area contributed by atoms with Crippen LogP contribution in [0.2, 0.25) is 0 Å². The smallest absolute Gasteiger partial charge is 0.412 e. The molecule has 8 nitrogen and oxygen atoms in total. The van der Waals surface area contributed by atoms with Crippen LogP contribution in [-0.4, -0.2) is 27.0 Å². The predicted octanol–water partition coefficient (Wildman–Crippen LogP) is 4.08. The number of hydrogen-bond acceptors (Lipinski definition) is 4. The molecule has 2 N–H and O–H groups in total. The Morgan fingerprint density at radius 2 is 1.55 bits per heavy atom. The molecule has 2 amide bonds. The summed E-state index contributed by atoms with van der Waals surface area (Å²) in [5, 5.41) is 5.32. The molecule has 31 heavy (non-hydrogen) atoms. The van der Waals surface area contributed by atoms with Gasteiger partial charge in [0.25, 0.3) is 11.5 Å². The van der Waals surface area contributed by atoms with Gasteiger partial charge in [0.2, 0.25) is 0 Å². The van der Waals surface area contributed by atoms with Gasteiger partial charge in [0.05, 0.1) is 11.4 Å². The van der Waals surface area contributed by atoms with Crippen LogP contribution in [0.4, 0.5) is 16.2 Å². The number of benzene rings is 2. The van der Waals surface area contributed by atoms with Crippen molar-refractivity contribution >= 4 is 23.4 Å². The van der Waals surface area contributed by atoms with E-state index in [1.54, 1.807) is 63.7 Å². The van der Waals surface area contributed by atoms with Crippen molar-refractivity contribution in [2.75, 3.05) is 10.6 Å². The van der Waals surface area contributed by atoms with Crippen LogP contribution in [0.5, 0.6) is 0 Å². The summed E-state index contributed by atoms with van der Waals surface area (Å²) >= 11 is 0. The van der Waals surface area contributed by atoms with Crippen molar-refractivity contribution in [3.8, 4) is 5.69 Å². The molecule has 0 unspecified atom stereocenters. The summed E-state index contributed by atoms with van der Waals surface area (Å²) in [6.07, 6.45) is -0.578. The third-order valence-electron chi connectivity index (χ3n) is 4.59. The van der Waals surface area contributed by atoms with Gasteiger partial charge in [-0.2, -0.15) is 0 Å². The first-order valence-electron chi connectivity index (χ1n) is 9.82. The highest BCUT2D eigenvalue weighted by Gasteiger charge is 2.19. The molecule has 1 heterocycles. The van der Waals surface area contributed by atoms with Gasteiger partial charge in [-0.15, -0.1) is 0 Å². The van der Waals surface area contributed by atoms with Crippen LogP contribution in [0.3, 0.4) is 0 Å². The Bertz CT molecular complexity index is 1150. The number of amides is 2. The van der Waals surface area contributed by atoms with E-state index in [1.807, 2.05) is 30.3 Å². The summed E-state index contributed by atoms with van der Waals surface area (Å²) in [4.78, 5) is 37.5. The quantitative estimate of drug-likeness (QED) is 0.662. The molecule has 0 saturated carbocycles. The van der Waals surface area contributed by atoms with Crippen molar-refractivity contribution in [2.24, 2.45) is 7.05 Å². The zero-order valence-electron chi connectivity index (χ0n) is 18.2. The number of nitrogens with zero attached hydrogens (tertiary/aromatic N) is 2. The molecule has 0 aliphatic rings. The molecule has 0 aliphatic carbocycles. The van der Waals surface area contributed by atoms with Crippen molar-refractivity contribution in [2.45, 2.75) is 33.3 Å². The molecule has 1 aromatic heterocycles. The molecule has 0 atom stereocenters. The second-order valence-electron chi connectivity index (χ2n) is 8.09. The van der Waals surface area contributed by atoms with Crippen molar-refractivity contribution in [1.29, 1.82) is 0 Å². The van der Waals surface area contributed by atoms with Gasteiger partial charge in [-0.25, -0.2) is 9.48 Å². The molecule has 0 spiro atoms. The summed E-state index contributed by atoms with van der Waals surface area (Å²) in [6.45, 7) is 7.09. The number of hydrogen-bond donors (Lipinski definition) is 2. The van der Waals surface area contributed by atoms with Crippen molar-refractivity contribution < 1.29 is 14.3 Å². The van der Waals surface area contributed by atoms with E-state index in [0.717, 1.165) is 0 Å². The fourth-order valence-corrected chi connectivity index (χ4v) is 3.02. The monoisotopic (exact) mass is 422 g/mol. The van der Waals surface area contributed by atoms with Crippen LogP contribution >= 0.6 is 0 Å². The lowest BCUT2D eigenvalue weighted by atomic mass is 10.2. The molecule has 0 aliphatic heterocycles. The highest BCUT2D eigenvalue weighted by Crippen LogP contribution is 2.17. The van der Waals surface area contributed by atoms with Crippen LogP contribution in [0.1, 0.15) is 36.8 Å². The Kier molecular flexibility index (Phi) is 6.01. The van der Waals surface area contributed by atoms with E-state index in [1.165, 1.54) is 4.68 Å². The highest BCUT2D eigenvalue weighted by molar-refractivity contribution is 6.04. The molecule has 2 aromatic carbocycles. The first-order valence-corrected chi connectivity index (χ1v) is 9.82. The SMILES string of the molecule is Cc1c(NC(=O)c2ccc(NC(=O)OC(C)(C)C)cc2)c(=O)n(-c2ccccc2)n1C. The third kappa shape index (κ3) is 5.03. The number of carbonyl (C=O) groups excluding carboxylic acids is 2. The van der Waals surface area contributed by atoms with Crippen molar-refractivity contribution in [3.05, 3.63) is 76.2 Å². The molecule has 3 aromatic rings. The topological polar surface area (TPSA) is 94.4 Å². The maximum Gasteiger partial charge on any atom is 0.412 e. The van der Waals surface area contributed by atoms with E-state index < -0.39 is 17.6 Å². The molecule has 8 heteroatoms. The fraction of sp³-hybridized carbons (Fsp3) is 0.261. The predicted molar refractivity (Wildman–Crippen MR) is 120 cm³/mol. The Labute approximate surface area is 180 Å². The molecule has 0 saturated heterocycles. The number of carbonyl (C=O) groups is 2. The number of aromatic nitrogens is 2. The lowest BCUT2D eigenvalue weighted by Gasteiger charge is -2.19. The van der Waals surface area contributed by atoms with E-state index in [4.69, 9.17) is 4.74 Å². The maximum absolute atomic E-state index is 12.9. The van der Waals surface area contributed by atoms with Crippen LogP contribution in [0, 0.1) is 6.92 Å². The van der Waals surface area contributed by atoms with E-state index in [0.29, 0.717) is 22.6 Å². The van der Waals surface area contributed by atoms with Crippen LogP contribution in [0.15, 0.2) is 59.4 Å². The van der Waals surface area contributed by atoms with Gasteiger partial charge < -0.3 is 10.1 Å². The van der Waals surface area contributed by atoms with Gasteiger partial charge in [0.1, 0.15) is 11.3 Å². The van der Waals surface area contributed by atoms with E-state index in [-0.39, 0.29) is 11.2 Å². The average molecular weight is 422 g/mol. The standard InChI is InChI=1S/C23H26N4O4/c1-15-19(21(29)27(26(15)5)18-9-7-6-8-10-18)25-20(28)16-11-13-17(14-12-16)24-22(30)31-23(2,3)4/h6-14H,1-5H3,(H,24,30)(H,25,28). The number of para-hydroxylation sites is 1. The number of anilines is 2. The molecule has 0 bridgehead atoms. The minimum absolute atomic E-state index is 0.215. The van der Waals surface area contributed by atoms with E-state index in [2.05, 4.69) is 10.6 Å². The van der Waals surface area contributed by atoms with Crippen molar-refractivity contribution in [1.82, 2.24) is 9.36 Å². The molecular formula is C23H26N4O4. The van der Waals surface area contributed by atoms with Gasteiger partial charge in [0, 0.05) is 18.3 Å². The average Bonchev–Trinajstić information content (AvgIpc) is 2.91. The van der Waals surface area contributed by atoms with Crippen LogP contribution in [0.25, 0.3) is 5.69 Å². The molecule has 162 valence electrons. The number of ether oxygens (including phenoxy) is 1. The van der Waals surface area contributed by atoms with Crippen LogP contribution in [-0.2, 0) is 11.8 Å². The zero-order valence-corrected chi connectivity index (χ0v) is 18.2. The van der Waals surface area contributed by atoms with Gasteiger partial charge in [0.15, 0.2) is 0 Å². The lowest BCUT2D eigenvalue weighted by Crippen LogP contribution is -2.27. The zero-order chi connectivity index (χ0) is 22.8. The van der Waals surface area contributed by atoms with Gasteiger partial charge in [-0.05, 0) is 64.1 Å². The van der Waals surface area contributed by atoms with E-state index >= 15 is 0 Å². The Morgan fingerprint density at radius 3 is 2.13 bits per heavy atom. The second-order valence-corrected chi connectivity index (χ2v) is 8.09. The Hall–Kier alpha value is -3.81. The van der Waals surface area contributed by atoms with Crippen LogP contribution < -0.4 is 16.2 Å². The summed E-state index contributed by atoms with van der Waals surface area (Å²) < 4.78 is 8.40. The number of nitrogens with one attached hydrogen (secondary N) is 2. The minimum Gasteiger partial charge on any atom is -0.444 e. The first-order chi connectivity index (χ1) is 14.6. The third-order valence-corrected chi connectivity index (χ3v) is 4.59. The number of rotatable bonds is 4. The summed E-state index contributed by atoms with van der Waals surface area (Å²) in [5.41, 5.74) is 1.47. The van der Waals surface area contributed by atoms with Crippen molar-refractivity contribution in [3.63, 3.8) is 0 Å². The summed E-state index contributed by atoms with van der Waals surface area (Å²) in [6, 6.07) is 15.5. The highest BCUT2D eigenvalue weighted by atomic mass is 16.6. The van der Waals surface area contributed by atoms with Gasteiger partial charge >= 0.3 is 6.09 Å². The summed E-state index contributed by atoms with van der Waals surface area (Å²) in [7, 11) is 1.76. The van der Waals surface area contributed by atoms with E-state index in [9.17, 15) is 14.4 Å². The Balaban J connectivity index is 1.77. The minimum atomic E-state index is -0.607. The Morgan fingerprint density at radius 1 is 0.935 bits per heavy atom. The van der Waals surface area contributed by atoms with Gasteiger partial charge in [-0.1, -0.05) is 18.2 Å². The maximum atomic E-state index is 12.9. The van der Waals surface area contributed by atoms with Gasteiger partial charge in [-0.3, -0.25) is 19.6 Å². The first kappa shape index (κ1) is 21.9. The molecule has 0 radical (unpaired) electrons. The largest absolute Gasteiger partial charge is 0.444 e.